The second kappa shape index (κ2) is 5.53. The van der Waals surface area contributed by atoms with Crippen LogP contribution >= 0.6 is 23.1 Å². The first-order chi connectivity index (χ1) is 8.56. The van der Waals surface area contributed by atoms with E-state index in [0.717, 1.165) is 15.7 Å². The molecule has 96 valence electrons. The van der Waals surface area contributed by atoms with E-state index in [1.165, 1.54) is 23.1 Å². The van der Waals surface area contributed by atoms with Crippen LogP contribution in [0.2, 0.25) is 0 Å². The zero-order valence-corrected chi connectivity index (χ0v) is 12.1. The summed E-state index contributed by atoms with van der Waals surface area (Å²) in [5.41, 5.74) is 0.965. The lowest BCUT2D eigenvalue weighted by atomic mass is 10.4. The Morgan fingerprint density at radius 1 is 1.56 bits per heavy atom. The molecule has 2 heterocycles. The summed E-state index contributed by atoms with van der Waals surface area (Å²) in [4.78, 5) is 21.3. The Balaban J connectivity index is 1.87. The molecule has 0 aromatic carbocycles. The molecular weight excluding hydrogens is 268 g/mol. The standard InChI is InChI=1S/C11H14N4OS2/c1-7-8(2)18-10(13-7)14-9(16)6-17-11-12-4-5-15(11)3/h4-5H,6H2,1-3H3,(H,13,14,16). The lowest BCUT2D eigenvalue weighted by Gasteiger charge is -2.01. The quantitative estimate of drug-likeness (QED) is 0.874. The smallest absolute Gasteiger partial charge is 0.236 e. The molecule has 2 rings (SSSR count). The molecule has 1 amide bonds. The van der Waals surface area contributed by atoms with Crippen LogP contribution < -0.4 is 5.32 Å². The minimum Gasteiger partial charge on any atom is -0.329 e. The van der Waals surface area contributed by atoms with Gasteiger partial charge in [0.25, 0.3) is 0 Å². The van der Waals surface area contributed by atoms with Crippen molar-refractivity contribution in [3.8, 4) is 0 Å². The maximum Gasteiger partial charge on any atom is 0.236 e. The Morgan fingerprint density at radius 2 is 2.33 bits per heavy atom. The number of thioether (sulfide) groups is 1. The van der Waals surface area contributed by atoms with Crippen molar-refractivity contribution in [1.82, 2.24) is 14.5 Å². The lowest BCUT2D eigenvalue weighted by molar-refractivity contribution is -0.113. The van der Waals surface area contributed by atoms with Crippen LogP contribution in [0, 0.1) is 13.8 Å². The Morgan fingerprint density at radius 3 is 2.89 bits per heavy atom. The summed E-state index contributed by atoms with van der Waals surface area (Å²) >= 11 is 2.90. The summed E-state index contributed by atoms with van der Waals surface area (Å²) in [6, 6.07) is 0. The van der Waals surface area contributed by atoms with Crippen molar-refractivity contribution >= 4 is 34.1 Å². The third-order valence-corrected chi connectivity index (χ3v) is 4.43. The van der Waals surface area contributed by atoms with Gasteiger partial charge in [-0.15, -0.1) is 11.3 Å². The fourth-order valence-corrected chi connectivity index (χ4v) is 2.87. The Kier molecular flexibility index (Phi) is 4.03. The van der Waals surface area contributed by atoms with Gasteiger partial charge in [0.2, 0.25) is 5.91 Å². The fourth-order valence-electron chi connectivity index (χ4n) is 1.30. The zero-order valence-electron chi connectivity index (χ0n) is 10.4. The fraction of sp³-hybridized carbons (Fsp3) is 0.364. The van der Waals surface area contributed by atoms with Gasteiger partial charge < -0.3 is 9.88 Å². The maximum absolute atomic E-state index is 11.7. The molecule has 0 aliphatic carbocycles. The number of nitrogens with zero attached hydrogens (tertiary/aromatic N) is 3. The zero-order chi connectivity index (χ0) is 13.1. The van der Waals surface area contributed by atoms with Crippen molar-refractivity contribution in [2.24, 2.45) is 7.05 Å². The molecule has 0 aliphatic rings. The number of hydrogen-bond acceptors (Lipinski definition) is 5. The summed E-state index contributed by atoms with van der Waals surface area (Å²) in [5.74, 6) is 0.277. The second-order valence-corrected chi connectivity index (χ2v) is 5.96. The normalized spacial score (nSPS) is 10.6. The van der Waals surface area contributed by atoms with Crippen LogP contribution in [0.25, 0.3) is 0 Å². The first-order valence-corrected chi connectivity index (χ1v) is 7.20. The van der Waals surface area contributed by atoms with E-state index in [1.807, 2.05) is 31.7 Å². The Labute approximate surface area is 114 Å². The van der Waals surface area contributed by atoms with E-state index in [0.29, 0.717) is 10.9 Å². The topological polar surface area (TPSA) is 59.8 Å². The highest BCUT2D eigenvalue weighted by molar-refractivity contribution is 7.99. The van der Waals surface area contributed by atoms with Crippen molar-refractivity contribution in [1.29, 1.82) is 0 Å². The number of aryl methyl sites for hydroxylation is 3. The van der Waals surface area contributed by atoms with Crippen molar-refractivity contribution < 1.29 is 4.79 Å². The summed E-state index contributed by atoms with van der Waals surface area (Å²) in [5, 5.41) is 4.29. The van der Waals surface area contributed by atoms with Crippen LogP contribution in [0.3, 0.4) is 0 Å². The number of anilines is 1. The minimum atomic E-state index is -0.0586. The first kappa shape index (κ1) is 13.1. The average Bonchev–Trinajstić information content (AvgIpc) is 2.84. The van der Waals surface area contributed by atoms with Crippen molar-refractivity contribution in [3.63, 3.8) is 0 Å². The second-order valence-electron chi connectivity index (χ2n) is 3.82. The first-order valence-electron chi connectivity index (χ1n) is 5.40. The number of carbonyl (C=O) groups is 1. The minimum absolute atomic E-state index is 0.0586. The third kappa shape index (κ3) is 3.11. The van der Waals surface area contributed by atoms with Crippen molar-refractivity contribution in [2.45, 2.75) is 19.0 Å². The molecule has 0 aliphatic heterocycles. The molecule has 2 aromatic rings. The predicted molar refractivity (Wildman–Crippen MR) is 74.1 cm³/mol. The summed E-state index contributed by atoms with van der Waals surface area (Å²) in [6.45, 7) is 3.93. The van der Waals surface area contributed by atoms with E-state index in [2.05, 4.69) is 15.3 Å². The predicted octanol–water partition coefficient (Wildman–Crippen LogP) is 2.22. The van der Waals surface area contributed by atoms with Crippen LogP contribution in [0.1, 0.15) is 10.6 Å². The molecule has 18 heavy (non-hydrogen) atoms. The molecule has 0 saturated carbocycles. The van der Waals surface area contributed by atoms with E-state index >= 15 is 0 Å². The number of aromatic nitrogens is 3. The van der Waals surface area contributed by atoms with Crippen LogP contribution in [-0.4, -0.2) is 26.2 Å². The average molecular weight is 282 g/mol. The molecule has 0 spiro atoms. The van der Waals surface area contributed by atoms with Gasteiger partial charge in [0.1, 0.15) is 0 Å². The van der Waals surface area contributed by atoms with Gasteiger partial charge in [0.05, 0.1) is 11.4 Å². The van der Waals surface area contributed by atoms with Crippen molar-refractivity contribution in [3.05, 3.63) is 23.0 Å². The number of amides is 1. The number of hydrogen-bond donors (Lipinski definition) is 1. The van der Waals surface area contributed by atoms with Crippen LogP contribution in [0.15, 0.2) is 17.6 Å². The van der Waals surface area contributed by atoms with Gasteiger partial charge >= 0.3 is 0 Å². The van der Waals surface area contributed by atoms with E-state index in [4.69, 9.17) is 0 Å². The van der Waals surface area contributed by atoms with E-state index in [-0.39, 0.29) is 5.91 Å². The molecule has 7 heteroatoms. The maximum atomic E-state index is 11.7. The van der Waals surface area contributed by atoms with Gasteiger partial charge in [-0.1, -0.05) is 11.8 Å². The number of carbonyl (C=O) groups excluding carboxylic acids is 1. The molecule has 1 N–H and O–H groups in total. The summed E-state index contributed by atoms with van der Waals surface area (Å²) < 4.78 is 1.88. The van der Waals surface area contributed by atoms with Gasteiger partial charge in [0, 0.05) is 24.3 Å². The largest absolute Gasteiger partial charge is 0.329 e. The van der Waals surface area contributed by atoms with Gasteiger partial charge in [-0.05, 0) is 13.8 Å². The molecule has 0 unspecified atom stereocenters. The molecule has 0 saturated heterocycles. The number of nitrogens with one attached hydrogen (secondary N) is 1. The van der Waals surface area contributed by atoms with Crippen LogP contribution in [-0.2, 0) is 11.8 Å². The summed E-state index contributed by atoms with van der Waals surface area (Å²) in [7, 11) is 1.90. The Hall–Kier alpha value is -1.34. The van der Waals surface area contributed by atoms with Crippen molar-refractivity contribution in [2.75, 3.05) is 11.1 Å². The third-order valence-electron chi connectivity index (χ3n) is 2.38. The highest BCUT2D eigenvalue weighted by Gasteiger charge is 2.09. The van der Waals surface area contributed by atoms with Crippen LogP contribution in [0.4, 0.5) is 5.13 Å². The van der Waals surface area contributed by atoms with Gasteiger partial charge in [0.15, 0.2) is 10.3 Å². The van der Waals surface area contributed by atoms with E-state index in [9.17, 15) is 4.79 Å². The highest BCUT2D eigenvalue weighted by Crippen LogP contribution is 2.21. The molecule has 0 radical (unpaired) electrons. The van der Waals surface area contributed by atoms with Gasteiger partial charge in [-0.2, -0.15) is 0 Å². The van der Waals surface area contributed by atoms with Crippen LogP contribution in [0.5, 0.6) is 0 Å². The molecule has 2 aromatic heterocycles. The molecule has 5 nitrogen and oxygen atoms in total. The molecule has 0 atom stereocenters. The number of rotatable bonds is 4. The van der Waals surface area contributed by atoms with Gasteiger partial charge in [-0.25, -0.2) is 9.97 Å². The van der Waals surface area contributed by atoms with E-state index < -0.39 is 0 Å². The van der Waals surface area contributed by atoms with Gasteiger partial charge in [-0.3, -0.25) is 4.79 Å². The molecule has 0 bridgehead atoms. The Bertz CT molecular complexity index is 542. The summed E-state index contributed by atoms with van der Waals surface area (Å²) in [6.07, 6.45) is 3.57. The molecular formula is C11H14N4OS2. The number of thiazole rings is 1. The van der Waals surface area contributed by atoms with E-state index in [1.54, 1.807) is 6.20 Å². The monoisotopic (exact) mass is 282 g/mol. The SMILES string of the molecule is Cc1nc(NC(=O)CSc2nccn2C)sc1C. The molecule has 0 fully saturated rings. The number of imidazole rings is 1. The lowest BCUT2D eigenvalue weighted by Crippen LogP contribution is -2.14. The highest BCUT2D eigenvalue weighted by atomic mass is 32.2.